The molecule has 13 heavy (non-hydrogen) atoms. The van der Waals surface area contributed by atoms with E-state index in [0.717, 1.165) is 9.34 Å². The lowest BCUT2D eigenvalue weighted by molar-refractivity contribution is 1.56. The Labute approximate surface area is 87.0 Å². The van der Waals surface area contributed by atoms with Crippen molar-refractivity contribution in [2.24, 2.45) is 0 Å². The zero-order chi connectivity index (χ0) is 8.84. The number of hydrogen-bond acceptors (Lipinski definition) is 3. The van der Waals surface area contributed by atoms with Gasteiger partial charge in [0.1, 0.15) is 3.82 Å². The highest BCUT2D eigenvalue weighted by Crippen LogP contribution is 2.33. The summed E-state index contributed by atoms with van der Waals surface area (Å²) < 4.78 is 2.27. The zero-order valence-electron chi connectivity index (χ0n) is 6.53. The lowest BCUT2D eigenvalue weighted by Gasteiger charge is -1.84. The Hall–Kier alpha value is -0.710. The fraction of sp³-hybridized carbons (Fsp3) is 0. The van der Waals surface area contributed by atoms with Crippen molar-refractivity contribution in [3.05, 3.63) is 28.1 Å². The van der Waals surface area contributed by atoms with Gasteiger partial charge in [-0.05, 0) is 6.07 Å². The number of fused-ring (bicyclic) bond motifs is 3. The first-order chi connectivity index (χ1) is 6.36. The van der Waals surface area contributed by atoms with E-state index < -0.39 is 0 Å². The average molecular weight is 223 g/mol. The molecule has 4 heteroatoms. The van der Waals surface area contributed by atoms with Crippen LogP contribution in [-0.2, 0) is 0 Å². The minimum absolute atomic E-state index is 0.969. The lowest BCUT2D eigenvalue weighted by atomic mass is 10.2. The van der Waals surface area contributed by atoms with E-state index in [9.17, 15) is 0 Å². The Kier molecular flexibility index (Phi) is 1.56. The van der Waals surface area contributed by atoms with E-state index in [2.05, 4.69) is 23.2 Å². The molecule has 3 rings (SSSR count). The molecule has 0 fully saturated rings. The summed E-state index contributed by atoms with van der Waals surface area (Å²) >= 11 is 5.23. The van der Waals surface area contributed by atoms with Crippen molar-refractivity contribution in [1.29, 1.82) is 0 Å². The molecule has 1 aromatic carbocycles. The van der Waals surface area contributed by atoms with Crippen LogP contribution in [0.2, 0.25) is 0 Å². The number of rotatable bonds is 0. The Morgan fingerprint density at radius 3 is 2.92 bits per heavy atom. The zero-order valence-corrected chi connectivity index (χ0v) is 8.98. The first kappa shape index (κ1) is 7.67. The van der Waals surface area contributed by atoms with Crippen LogP contribution in [0.1, 0.15) is 0 Å². The monoisotopic (exact) mass is 223 g/mol. The second kappa shape index (κ2) is 2.64. The molecule has 0 saturated heterocycles. The van der Waals surface area contributed by atoms with Crippen LogP contribution in [0.5, 0.6) is 0 Å². The van der Waals surface area contributed by atoms with Gasteiger partial charge in [0.05, 0.1) is 10.2 Å². The van der Waals surface area contributed by atoms with E-state index in [0.29, 0.717) is 0 Å². The third-order valence-corrected chi connectivity index (χ3v) is 5.11. The topological polar surface area (TPSA) is 15.8 Å². The van der Waals surface area contributed by atoms with E-state index in [1.165, 1.54) is 15.6 Å². The Morgan fingerprint density at radius 1 is 1.15 bits per heavy atom. The molecule has 0 aliphatic carbocycles. The first-order valence-electron chi connectivity index (χ1n) is 3.86. The van der Waals surface area contributed by atoms with Gasteiger partial charge in [0.25, 0.3) is 0 Å². The molecule has 0 aliphatic rings. The first-order valence-corrected chi connectivity index (χ1v) is 6.41. The summed E-state index contributed by atoms with van der Waals surface area (Å²) in [5, 5.41) is 1.29. The SMILES string of the molecule is S=c1ssc2c1[nH]c1ccccc12. The predicted octanol–water partition coefficient (Wildman–Crippen LogP) is 4.17. The van der Waals surface area contributed by atoms with Gasteiger partial charge in [-0.1, -0.05) is 51.1 Å². The molecule has 0 bridgehead atoms. The molecule has 3 aromatic rings. The Morgan fingerprint density at radius 2 is 2.00 bits per heavy atom. The van der Waals surface area contributed by atoms with E-state index >= 15 is 0 Å². The Bertz CT molecular complexity index is 629. The molecule has 0 atom stereocenters. The van der Waals surface area contributed by atoms with Crippen molar-refractivity contribution in [3.8, 4) is 0 Å². The summed E-state index contributed by atoms with van der Waals surface area (Å²) in [5.41, 5.74) is 2.31. The maximum atomic E-state index is 5.23. The highest BCUT2D eigenvalue weighted by atomic mass is 32.9. The lowest BCUT2D eigenvalue weighted by Crippen LogP contribution is -1.63. The molecule has 0 saturated carbocycles. The van der Waals surface area contributed by atoms with E-state index in [1.54, 1.807) is 20.7 Å². The number of H-pyrrole nitrogens is 1. The summed E-state index contributed by atoms with van der Waals surface area (Å²) in [4.78, 5) is 3.34. The molecule has 2 heterocycles. The van der Waals surface area contributed by atoms with Gasteiger partial charge in [0.15, 0.2) is 0 Å². The number of para-hydroxylation sites is 1. The van der Waals surface area contributed by atoms with Gasteiger partial charge in [0.2, 0.25) is 0 Å². The van der Waals surface area contributed by atoms with Crippen LogP contribution in [0.15, 0.2) is 24.3 Å². The van der Waals surface area contributed by atoms with Crippen molar-refractivity contribution in [2.75, 3.05) is 0 Å². The maximum Gasteiger partial charge on any atom is 0.125 e. The van der Waals surface area contributed by atoms with Gasteiger partial charge in [-0.3, -0.25) is 0 Å². The summed E-state index contributed by atoms with van der Waals surface area (Å²) in [6.07, 6.45) is 0. The molecule has 0 spiro atoms. The van der Waals surface area contributed by atoms with Gasteiger partial charge < -0.3 is 4.98 Å². The molecule has 1 nitrogen and oxygen atoms in total. The average Bonchev–Trinajstić information content (AvgIpc) is 2.67. The number of aromatic nitrogens is 1. The number of hydrogen-bond donors (Lipinski definition) is 1. The van der Waals surface area contributed by atoms with E-state index in [-0.39, 0.29) is 0 Å². The van der Waals surface area contributed by atoms with Gasteiger partial charge in [-0.15, -0.1) is 0 Å². The minimum Gasteiger partial charge on any atom is -0.352 e. The van der Waals surface area contributed by atoms with Crippen molar-refractivity contribution < 1.29 is 0 Å². The highest BCUT2D eigenvalue weighted by Gasteiger charge is 2.06. The molecule has 0 amide bonds. The van der Waals surface area contributed by atoms with Crippen LogP contribution in [-0.4, -0.2) is 4.98 Å². The van der Waals surface area contributed by atoms with Gasteiger partial charge >= 0.3 is 0 Å². The summed E-state index contributed by atoms with van der Waals surface area (Å²) in [7, 11) is 3.42. The second-order valence-corrected chi connectivity index (χ2v) is 5.65. The van der Waals surface area contributed by atoms with Crippen molar-refractivity contribution in [1.82, 2.24) is 4.98 Å². The van der Waals surface area contributed by atoms with Gasteiger partial charge in [-0.2, -0.15) is 0 Å². The van der Waals surface area contributed by atoms with Crippen LogP contribution in [0.3, 0.4) is 0 Å². The molecule has 64 valence electrons. The van der Waals surface area contributed by atoms with Crippen LogP contribution < -0.4 is 0 Å². The minimum atomic E-state index is 0.969. The molecular formula is C9H5NS3. The third-order valence-electron chi connectivity index (χ3n) is 2.06. The molecule has 2 aromatic heterocycles. The number of aromatic amines is 1. The van der Waals surface area contributed by atoms with Crippen molar-refractivity contribution >= 4 is 54.0 Å². The fourth-order valence-corrected chi connectivity index (χ4v) is 4.20. The maximum absolute atomic E-state index is 5.23. The Balaban J connectivity index is 2.72. The second-order valence-electron chi connectivity index (χ2n) is 2.83. The summed E-state index contributed by atoms with van der Waals surface area (Å²) in [6.45, 7) is 0. The molecular weight excluding hydrogens is 218 g/mol. The van der Waals surface area contributed by atoms with Crippen LogP contribution in [0.4, 0.5) is 0 Å². The van der Waals surface area contributed by atoms with Gasteiger partial charge in [0, 0.05) is 10.9 Å². The normalized spacial score (nSPS) is 11.4. The molecule has 0 aliphatic heterocycles. The third kappa shape index (κ3) is 0.995. The van der Waals surface area contributed by atoms with Crippen molar-refractivity contribution in [2.45, 2.75) is 0 Å². The largest absolute Gasteiger partial charge is 0.352 e. The highest BCUT2D eigenvalue weighted by molar-refractivity contribution is 7.81. The predicted molar refractivity (Wildman–Crippen MR) is 62.4 cm³/mol. The quantitative estimate of drug-likeness (QED) is 0.446. The molecule has 0 unspecified atom stereocenters. The summed E-state index contributed by atoms with van der Waals surface area (Å²) in [6, 6.07) is 8.31. The van der Waals surface area contributed by atoms with Crippen LogP contribution in [0, 0.1) is 3.82 Å². The number of benzene rings is 1. The smallest absolute Gasteiger partial charge is 0.125 e. The van der Waals surface area contributed by atoms with Crippen LogP contribution in [0.25, 0.3) is 21.1 Å². The van der Waals surface area contributed by atoms with Crippen LogP contribution >= 0.6 is 32.9 Å². The van der Waals surface area contributed by atoms with E-state index in [1.807, 2.05) is 6.07 Å². The number of nitrogens with one attached hydrogen (secondary N) is 1. The molecule has 1 N–H and O–H groups in total. The molecule has 0 radical (unpaired) electrons. The van der Waals surface area contributed by atoms with Crippen molar-refractivity contribution in [3.63, 3.8) is 0 Å². The summed E-state index contributed by atoms with van der Waals surface area (Å²) in [5.74, 6) is 0. The van der Waals surface area contributed by atoms with Gasteiger partial charge in [-0.25, -0.2) is 0 Å². The standard InChI is InChI=1S/C9H5NS3/c11-9-7-8(12-13-9)5-3-1-2-4-6(5)10-7/h1-4,10H. The van der Waals surface area contributed by atoms with E-state index in [4.69, 9.17) is 12.2 Å². The fourth-order valence-electron chi connectivity index (χ4n) is 1.47.